The summed E-state index contributed by atoms with van der Waals surface area (Å²) in [6, 6.07) is -0.472. The molecule has 0 spiro atoms. The minimum Gasteiger partial charge on any atom is -0.444 e. The van der Waals surface area contributed by atoms with Crippen LogP contribution in [0, 0.1) is 13.8 Å². The summed E-state index contributed by atoms with van der Waals surface area (Å²) >= 11 is 0. The molecule has 1 fully saturated rings. The van der Waals surface area contributed by atoms with Gasteiger partial charge >= 0.3 is 0 Å². The van der Waals surface area contributed by atoms with Crippen LogP contribution in [-0.2, 0) is 16.1 Å². The highest BCUT2D eigenvalue weighted by Crippen LogP contribution is 2.09. The monoisotopic (exact) mass is 223 g/mol. The van der Waals surface area contributed by atoms with E-state index in [2.05, 4.69) is 15.6 Å². The van der Waals surface area contributed by atoms with Gasteiger partial charge < -0.3 is 4.42 Å². The molecular weight excluding hydrogens is 210 g/mol. The third kappa shape index (κ3) is 2.11. The van der Waals surface area contributed by atoms with Gasteiger partial charge in [-0.05, 0) is 13.8 Å². The number of nitrogens with zero attached hydrogens (tertiary/aromatic N) is 1. The number of carbonyl (C=O) groups excluding carboxylic acids is 2. The van der Waals surface area contributed by atoms with Crippen molar-refractivity contribution in [2.24, 2.45) is 0 Å². The Bertz CT molecular complexity index is 419. The Kier molecular flexibility index (Phi) is 2.74. The minimum absolute atomic E-state index is 0.178. The van der Waals surface area contributed by atoms with E-state index < -0.39 is 6.04 Å². The molecule has 6 heteroatoms. The molecule has 1 aliphatic heterocycles. The summed E-state index contributed by atoms with van der Waals surface area (Å²) in [7, 11) is 0. The first-order chi connectivity index (χ1) is 7.56. The number of oxazole rings is 1. The molecule has 2 amide bonds. The van der Waals surface area contributed by atoms with Crippen LogP contribution in [0.2, 0.25) is 0 Å². The van der Waals surface area contributed by atoms with Crippen molar-refractivity contribution in [2.75, 3.05) is 0 Å². The molecule has 1 aromatic heterocycles. The lowest BCUT2D eigenvalue weighted by Crippen LogP contribution is -2.35. The van der Waals surface area contributed by atoms with Crippen LogP contribution < -0.4 is 10.6 Å². The number of aryl methyl sites for hydroxylation is 2. The first-order valence-electron chi connectivity index (χ1n) is 5.06. The normalized spacial score (nSPS) is 20.2. The van der Waals surface area contributed by atoms with Gasteiger partial charge in [0.1, 0.15) is 5.76 Å². The van der Waals surface area contributed by atoms with Crippen LogP contribution in [-0.4, -0.2) is 22.8 Å². The molecular formula is C10H13N3O3. The van der Waals surface area contributed by atoms with Gasteiger partial charge in [-0.1, -0.05) is 0 Å². The second-order valence-corrected chi connectivity index (χ2v) is 3.80. The molecule has 1 atom stereocenters. The van der Waals surface area contributed by atoms with Gasteiger partial charge in [0.25, 0.3) is 0 Å². The minimum atomic E-state index is -0.472. The fraction of sp³-hybridized carbons (Fsp3) is 0.500. The van der Waals surface area contributed by atoms with Gasteiger partial charge in [-0.2, -0.15) is 0 Å². The van der Waals surface area contributed by atoms with Crippen LogP contribution >= 0.6 is 0 Å². The van der Waals surface area contributed by atoms with Crippen LogP contribution in [0.1, 0.15) is 23.8 Å². The van der Waals surface area contributed by atoms with Crippen molar-refractivity contribution in [2.45, 2.75) is 32.9 Å². The Morgan fingerprint density at radius 1 is 1.50 bits per heavy atom. The SMILES string of the molecule is Cc1nc(CNC2CC(=O)NC2=O)oc1C. The van der Waals surface area contributed by atoms with Crippen molar-refractivity contribution >= 4 is 11.8 Å². The van der Waals surface area contributed by atoms with Crippen molar-refractivity contribution < 1.29 is 14.0 Å². The van der Waals surface area contributed by atoms with Crippen molar-refractivity contribution in [1.82, 2.24) is 15.6 Å². The Morgan fingerprint density at radius 2 is 2.25 bits per heavy atom. The van der Waals surface area contributed by atoms with Gasteiger partial charge in [-0.15, -0.1) is 0 Å². The van der Waals surface area contributed by atoms with Gasteiger partial charge in [0.2, 0.25) is 17.7 Å². The molecule has 0 radical (unpaired) electrons. The highest BCUT2D eigenvalue weighted by Gasteiger charge is 2.30. The van der Waals surface area contributed by atoms with Gasteiger partial charge in [0.05, 0.1) is 24.7 Å². The summed E-state index contributed by atoms with van der Waals surface area (Å²) in [4.78, 5) is 26.3. The van der Waals surface area contributed by atoms with Gasteiger partial charge in [-0.25, -0.2) is 4.98 Å². The quantitative estimate of drug-likeness (QED) is 0.693. The van der Waals surface area contributed by atoms with Gasteiger partial charge in [0, 0.05) is 0 Å². The van der Waals surface area contributed by atoms with Crippen molar-refractivity contribution in [1.29, 1.82) is 0 Å². The lowest BCUT2D eigenvalue weighted by atomic mass is 10.2. The zero-order valence-electron chi connectivity index (χ0n) is 9.16. The number of nitrogens with one attached hydrogen (secondary N) is 2. The fourth-order valence-electron chi connectivity index (χ4n) is 1.54. The Balaban J connectivity index is 1.92. The molecule has 1 aliphatic rings. The molecule has 0 aromatic carbocycles. The molecule has 2 N–H and O–H groups in total. The average molecular weight is 223 g/mol. The summed E-state index contributed by atoms with van der Waals surface area (Å²) in [6.07, 6.45) is 0.178. The molecule has 6 nitrogen and oxygen atoms in total. The largest absolute Gasteiger partial charge is 0.444 e. The van der Waals surface area contributed by atoms with E-state index in [0.717, 1.165) is 11.5 Å². The molecule has 2 rings (SSSR count). The molecule has 0 aliphatic carbocycles. The first kappa shape index (κ1) is 10.8. The third-order valence-corrected chi connectivity index (χ3v) is 2.54. The Hall–Kier alpha value is -1.69. The van der Waals surface area contributed by atoms with E-state index >= 15 is 0 Å². The highest BCUT2D eigenvalue weighted by molar-refractivity contribution is 6.05. The van der Waals surface area contributed by atoms with Gasteiger partial charge in [0.15, 0.2) is 0 Å². The van der Waals surface area contributed by atoms with Crippen molar-refractivity contribution in [3.63, 3.8) is 0 Å². The molecule has 1 saturated heterocycles. The number of imide groups is 1. The Morgan fingerprint density at radius 3 is 2.75 bits per heavy atom. The van der Waals surface area contributed by atoms with E-state index in [-0.39, 0.29) is 18.2 Å². The zero-order valence-corrected chi connectivity index (χ0v) is 9.16. The maximum Gasteiger partial charge on any atom is 0.244 e. The van der Waals surface area contributed by atoms with Crippen LogP contribution in [0.25, 0.3) is 0 Å². The molecule has 1 aromatic rings. The van der Waals surface area contributed by atoms with E-state index in [1.807, 2.05) is 13.8 Å². The Labute approximate surface area is 92.4 Å². The lowest BCUT2D eigenvalue weighted by molar-refractivity contribution is -0.125. The number of hydrogen-bond donors (Lipinski definition) is 2. The van der Waals surface area contributed by atoms with Gasteiger partial charge in [-0.3, -0.25) is 20.2 Å². The second-order valence-electron chi connectivity index (χ2n) is 3.80. The lowest BCUT2D eigenvalue weighted by Gasteiger charge is -2.05. The van der Waals surface area contributed by atoms with E-state index in [9.17, 15) is 9.59 Å². The summed E-state index contributed by atoms with van der Waals surface area (Å²) in [6.45, 7) is 4.03. The van der Waals surface area contributed by atoms with Crippen LogP contribution in [0.15, 0.2) is 4.42 Å². The fourth-order valence-corrected chi connectivity index (χ4v) is 1.54. The van der Waals surface area contributed by atoms with Crippen LogP contribution in [0.5, 0.6) is 0 Å². The summed E-state index contributed by atoms with van der Waals surface area (Å²) < 4.78 is 5.35. The van der Waals surface area contributed by atoms with E-state index in [4.69, 9.17) is 4.42 Å². The maximum absolute atomic E-state index is 11.2. The average Bonchev–Trinajstić information content (AvgIpc) is 2.68. The summed E-state index contributed by atoms with van der Waals surface area (Å²) in [5.74, 6) is 0.762. The number of carbonyl (C=O) groups is 2. The molecule has 0 saturated carbocycles. The van der Waals surface area contributed by atoms with E-state index in [0.29, 0.717) is 12.4 Å². The number of hydrogen-bond acceptors (Lipinski definition) is 5. The predicted molar refractivity (Wildman–Crippen MR) is 54.4 cm³/mol. The van der Waals surface area contributed by atoms with Crippen molar-refractivity contribution in [3.05, 3.63) is 17.3 Å². The molecule has 16 heavy (non-hydrogen) atoms. The number of rotatable bonds is 3. The predicted octanol–water partition coefficient (Wildman–Crippen LogP) is -0.204. The summed E-state index contributed by atoms with van der Waals surface area (Å²) in [5, 5.41) is 5.16. The molecule has 1 unspecified atom stereocenters. The van der Waals surface area contributed by atoms with Crippen LogP contribution in [0.4, 0.5) is 0 Å². The van der Waals surface area contributed by atoms with E-state index in [1.165, 1.54) is 0 Å². The molecule has 2 heterocycles. The third-order valence-electron chi connectivity index (χ3n) is 2.54. The number of amides is 2. The first-order valence-corrected chi connectivity index (χ1v) is 5.06. The number of aromatic nitrogens is 1. The summed E-state index contributed by atoms with van der Waals surface area (Å²) in [5.41, 5.74) is 0.837. The van der Waals surface area contributed by atoms with Crippen LogP contribution in [0.3, 0.4) is 0 Å². The van der Waals surface area contributed by atoms with E-state index in [1.54, 1.807) is 0 Å². The molecule has 86 valence electrons. The van der Waals surface area contributed by atoms with Crippen molar-refractivity contribution in [3.8, 4) is 0 Å². The topological polar surface area (TPSA) is 84.2 Å². The standard InChI is InChI=1S/C10H13N3O3/c1-5-6(2)16-9(12-5)4-11-7-3-8(14)13-10(7)15/h7,11H,3-4H2,1-2H3,(H,13,14,15). The maximum atomic E-state index is 11.2. The smallest absolute Gasteiger partial charge is 0.244 e. The zero-order chi connectivity index (χ0) is 11.7. The highest BCUT2D eigenvalue weighted by atomic mass is 16.4. The molecule has 0 bridgehead atoms. The second kappa shape index (κ2) is 4.05.